The average Bonchev–Trinajstić information content (AvgIpc) is 2.61. The van der Waals surface area contributed by atoms with Gasteiger partial charge in [0.15, 0.2) is 0 Å². The van der Waals surface area contributed by atoms with E-state index in [1.807, 2.05) is 33.0 Å². The number of piperazine rings is 1. The van der Waals surface area contributed by atoms with Crippen molar-refractivity contribution >= 4 is 13.3 Å². The number of nitrogens with zero attached hydrogens (tertiary/aromatic N) is 3. The molecule has 1 aliphatic heterocycles. The van der Waals surface area contributed by atoms with Crippen LogP contribution in [0, 0.1) is 6.92 Å². The van der Waals surface area contributed by atoms with Gasteiger partial charge in [-0.3, -0.25) is 9.69 Å². The van der Waals surface area contributed by atoms with E-state index < -0.39 is 0 Å². The van der Waals surface area contributed by atoms with E-state index in [1.54, 1.807) is 0 Å². The minimum absolute atomic E-state index is 0.230. The largest absolute Gasteiger partial charge is 0.450 e. The average molecular weight is 354 g/mol. The lowest BCUT2D eigenvalue weighted by molar-refractivity contribution is 0.125. The first-order valence-corrected chi connectivity index (χ1v) is 9.33. The number of nitrogens with one attached hydrogen (secondary N) is 1. The van der Waals surface area contributed by atoms with Crippen LogP contribution in [0.2, 0.25) is 0 Å². The summed E-state index contributed by atoms with van der Waals surface area (Å²) >= 11 is 0. The highest BCUT2D eigenvalue weighted by Crippen LogP contribution is 2.20. The molecule has 1 saturated heterocycles. The Morgan fingerprint density at radius 2 is 1.92 bits per heavy atom. The first kappa shape index (κ1) is 18.7. The first-order chi connectivity index (χ1) is 12.5. The lowest BCUT2D eigenvalue weighted by atomic mass is 9.94. The van der Waals surface area contributed by atoms with Crippen LogP contribution in [0.1, 0.15) is 24.7 Å². The van der Waals surface area contributed by atoms with Crippen LogP contribution in [0.4, 0.5) is 0 Å². The van der Waals surface area contributed by atoms with Crippen molar-refractivity contribution in [1.29, 1.82) is 0 Å². The Hall–Kier alpha value is -2.12. The predicted molar refractivity (Wildman–Crippen MR) is 106 cm³/mol. The van der Waals surface area contributed by atoms with Gasteiger partial charge in [0.1, 0.15) is 19.4 Å². The third kappa shape index (κ3) is 4.74. The number of hydrogen-bond acceptors (Lipinski definition) is 5. The molecule has 0 saturated carbocycles. The van der Waals surface area contributed by atoms with Gasteiger partial charge in [0.05, 0.1) is 12.7 Å². The maximum Gasteiger partial charge on any atom is 0.293 e. The van der Waals surface area contributed by atoms with Gasteiger partial charge in [-0.05, 0) is 31.5 Å². The summed E-state index contributed by atoms with van der Waals surface area (Å²) in [4.78, 5) is 24.4. The van der Waals surface area contributed by atoms with Gasteiger partial charge in [-0.2, -0.15) is 0 Å². The molecule has 3 rings (SSSR count). The summed E-state index contributed by atoms with van der Waals surface area (Å²) in [6.07, 6.45) is 2.72. The maximum atomic E-state index is 12.4. The normalized spacial score (nSPS) is 15.9. The van der Waals surface area contributed by atoms with Crippen molar-refractivity contribution in [2.75, 3.05) is 32.7 Å². The number of aromatic nitrogens is 2. The van der Waals surface area contributed by atoms with Crippen molar-refractivity contribution in [2.24, 2.45) is 0 Å². The highest BCUT2D eigenvalue weighted by molar-refractivity contribution is 6.32. The van der Waals surface area contributed by atoms with Crippen molar-refractivity contribution in [3.05, 3.63) is 46.1 Å². The number of hydrogen-bond donors (Lipinski definition) is 1. The number of rotatable bonds is 6. The molecule has 0 aliphatic carbocycles. The molecule has 7 heteroatoms. The molecule has 0 spiro atoms. The van der Waals surface area contributed by atoms with Crippen molar-refractivity contribution < 1.29 is 4.74 Å². The topological polar surface area (TPSA) is 61.5 Å². The van der Waals surface area contributed by atoms with E-state index in [2.05, 4.69) is 26.7 Å². The van der Waals surface area contributed by atoms with Crippen molar-refractivity contribution in [3.63, 3.8) is 0 Å². The molecule has 0 amide bonds. The fourth-order valence-electron chi connectivity index (χ4n) is 3.30. The first-order valence-electron chi connectivity index (χ1n) is 9.33. The van der Waals surface area contributed by atoms with Crippen molar-refractivity contribution in [2.45, 2.75) is 26.8 Å². The summed E-state index contributed by atoms with van der Waals surface area (Å²) in [6.45, 7) is 10.2. The van der Waals surface area contributed by atoms with Gasteiger partial charge in [-0.15, -0.1) is 0 Å². The van der Waals surface area contributed by atoms with Crippen molar-refractivity contribution in [3.8, 4) is 11.5 Å². The van der Waals surface area contributed by atoms with Crippen LogP contribution in [0.5, 0.6) is 11.5 Å². The minimum Gasteiger partial charge on any atom is -0.450 e. The van der Waals surface area contributed by atoms with Crippen molar-refractivity contribution in [1.82, 2.24) is 19.8 Å². The zero-order valence-corrected chi connectivity index (χ0v) is 15.9. The monoisotopic (exact) mass is 354 g/mol. The second kappa shape index (κ2) is 8.51. The molecule has 2 aromatic rings. The molecule has 1 aromatic heterocycles. The van der Waals surface area contributed by atoms with Crippen LogP contribution in [-0.2, 0) is 6.54 Å². The highest BCUT2D eigenvalue weighted by atomic mass is 16.5. The van der Waals surface area contributed by atoms with E-state index in [-0.39, 0.29) is 11.3 Å². The zero-order valence-electron chi connectivity index (χ0n) is 15.9. The third-order valence-electron chi connectivity index (χ3n) is 4.75. The van der Waals surface area contributed by atoms with Gasteiger partial charge in [0.25, 0.3) is 5.56 Å². The number of benzene rings is 1. The minimum atomic E-state index is -0.236. The van der Waals surface area contributed by atoms with Crippen LogP contribution < -0.4 is 15.8 Å². The molecule has 0 unspecified atom stereocenters. The molecule has 0 bridgehead atoms. The van der Waals surface area contributed by atoms with Crippen LogP contribution in [0.3, 0.4) is 0 Å². The van der Waals surface area contributed by atoms with E-state index >= 15 is 0 Å². The van der Waals surface area contributed by atoms with Crippen LogP contribution in [0.15, 0.2) is 29.2 Å². The Balaban J connectivity index is 1.62. The van der Waals surface area contributed by atoms with E-state index in [0.29, 0.717) is 18.1 Å². The Kier molecular flexibility index (Phi) is 6.11. The van der Waals surface area contributed by atoms with Crippen LogP contribution >= 0.6 is 0 Å². The SMILES string of the molecule is Bc1ccc(Oc2cnc(CN3CCN(CCC)CC3)[nH]c2=O)c(C)c1. The summed E-state index contributed by atoms with van der Waals surface area (Å²) in [5, 5.41) is 0. The third-order valence-corrected chi connectivity index (χ3v) is 4.75. The smallest absolute Gasteiger partial charge is 0.293 e. The second-order valence-corrected chi connectivity index (χ2v) is 7.01. The summed E-state index contributed by atoms with van der Waals surface area (Å²) in [7, 11) is 2.03. The molecule has 1 fully saturated rings. The Bertz CT molecular complexity index is 800. The summed E-state index contributed by atoms with van der Waals surface area (Å²) in [5.41, 5.74) is 1.93. The molecule has 6 nitrogen and oxygen atoms in total. The molecule has 1 aliphatic rings. The van der Waals surface area contributed by atoms with E-state index in [4.69, 9.17) is 4.74 Å². The van der Waals surface area contributed by atoms with Crippen LogP contribution in [0.25, 0.3) is 0 Å². The standard InChI is InChI=1S/C19H27BN4O2/c1-3-6-23-7-9-24(10-8-23)13-18-21-12-17(19(25)22-18)26-16-5-4-15(20)11-14(16)2/h4-5,11-12H,3,6-10,13,20H2,1-2H3,(H,21,22,25). The fourth-order valence-corrected chi connectivity index (χ4v) is 3.30. The molecule has 0 radical (unpaired) electrons. The fraction of sp³-hybridized carbons (Fsp3) is 0.474. The second-order valence-electron chi connectivity index (χ2n) is 7.01. The van der Waals surface area contributed by atoms with Gasteiger partial charge < -0.3 is 14.6 Å². The molecule has 26 heavy (non-hydrogen) atoms. The summed E-state index contributed by atoms with van der Waals surface area (Å²) in [6, 6.07) is 5.88. The molecule has 1 aromatic carbocycles. The molecular formula is C19H27BN4O2. The van der Waals surface area contributed by atoms with E-state index in [1.165, 1.54) is 12.6 Å². The zero-order chi connectivity index (χ0) is 18.5. The quantitative estimate of drug-likeness (QED) is 0.773. The number of aromatic amines is 1. The Labute approximate surface area is 155 Å². The lowest BCUT2D eigenvalue weighted by Crippen LogP contribution is -2.46. The highest BCUT2D eigenvalue weighted by Gasteiger charge is 2.17. The Morgan fingerprint density at radius 1 is 1.19 bits per heavy atom. The molecule has 138 valence electrons. The summed E-state index contributed by atoms with van der Waals surface area (Å²) in [5.74, 6) is 1.60. The number of ether oxygens (including phenoxy) is 1. The van der Waals surface area contributed by atoms with Gasteiger partial charge in [0, 0.05) is 26.2 Å². The Morgan fingerprint density at radius 3 is 2.58 bits per heavy atom. The maximum absolute atomic E-state index is 12.4. The lowest BCUT2D eigenvalue weighted by Gasteiger charge is -2.34. The van der Waals surface area contributed by atoms with Gasteiger partial charge in [0.2, 0.25) is 5.75 Å². The van der Waals surface area contributed by atoms with Gasteiger partial charge >= 0.3 is 0 Å². The number of H-pyrrole nitrogens is 1. The van der Waals surface area contributed by atoms with Crippen LogP contribution in [-0.4, -0.2) is 60.3 Å². The van der Waals surface area contributed by atoms with E-state index in [0.717, 1.165) is 43.8 Å². The van der Waals surface area contributed by atoms with E-state index in [9.17, 15) is 4.79 Å². The van der Waals surface area contributed by atoms with Gasteiger partial charge in [-0.1, -0.05) is 24.5 Å². The van der Waals surface area contributed by atoms with Gasteiger partial charge in [-0.25, -0.2) is 4.98 Å². The molecular weight excluding hydrogens is 327 g/mol. The summed E-state index contributed by atoms with van der Waals surface area (Å²) < 4.78 is 5.75. The molecule has 2 heterocycles. The molecule has 0 atom stereocenters. The number of aryl methyl sites for hydroxylation is 1. The molecule has 1 N–H and O–H groups in total. The predicted octanol–water partition coefficient (Wildman–Crippen LogP) is 0.657.